The molecule has 3 aliphatic rings. The molecule has 2 saturated carbocycles. The number of carbonyl (C=O) groups is 2. The minimum Gasteiger partial charge on any atom is -0.396 e. The van der Waals surface area contributed by atoms with Crippen LogP contribution in [0.4, 0.5) is 5.82 Å². The molecule has 0 spiro atoms. The van der Waals surface area contributed by atoms with Gasteiger partial charge in [0.2, 0.25) is 0 Å². The van der Waals surface area contributed by atoms with Gasteiger partial charge in [0.05, 0.1) is 5.69 Å². The molecule has 2 fully saturated rings. The van der Waals surface area contributed by atoms with Crippen molar-refractivity contribution < 1.29 is 14.7 Å². The van der Waals surface area contributed by atoms with Gasteiger partial charge in [0.25, 0.3) is 11.8 Å². The van der Waals surface area contributed by atoms with Gasteiger partial charge in [-0.2, -0.15) is 0 Å². The molecule has 2 aromatic heterocycles. The van der Waals surface area contributed by atoms with Crippen molar-refractivity contribution in [2.75, 3.05) is 12.3 Å². The molecule has 1 aliphatic heterocycles. The van der Waals surface area contributed by atoms with Gasteiger partial charge < -0.3 is 21.1 Å². The Balaban J connectivity index is 1.31. The Morgan fingerprint density at radius 1 is 1.31 bits per heavy atom. The molecular weight excluding hydrogens is 444 g/mol. The van der Waals surface area contributed by atoms with E-state index in [2.05, 4.69) is 17.3 Å². The number of benzene rings is 1. The molecule has 4 N–H and O–H groups in total. The first kappa shape index (κ1) is 22.0. The van der Waals surface area contributed by atoms with Crippen LogP contribution in [0, 0.1) is 18.8 Å². The topological polar surface area (TPSA) is 126 Å². The van der Waals surface area contributed by atoms with Crippen LogP contribution < -0.4 is 11.1 Å². The molecule has 9 nitrogen and oxygen atoms in total. The van der Waals surface area contributed by atoms with E-state index >= 15 is 0 Å². The third kappa shape index (κ3) is 3.65. The summed E-state index contributed by atoms with van der Waals surface area (Å²) in [5.74, 6) is 0.802. The monoisotopic (exact) mass is 474 g/mol. The number of hydrogen-bond donors (Lipinski definition) is 3. The summed E-state index contributed by atoms with van der Waals surface area (Å²) in [7, 11) is 0. The van der Waals surface area contributed by atoms with Gasteiger partial charge in [-0.15, -0.1) is 5.10 Å². The first-order valence-corrected chi connectivity index (χ1v) is 12.4. The molecule has 1 atom stereocenters. The van der Waals surface area contributed by atoms with Crippen molar-refractivity contribution in [3.8, 4) is 11.3 Å². The highest BCUT2D eigenvalue weighted by Gasteiger charge is 2.39. The number of anilines is 1. The normalized spacial score (nSPS) is 22.3. The van der Waals surface area contributed by atoms with Crippen LogP contribution in [0.3, 0.4) is 0 Å². The number of carbonyl (C=O) groups excluding carboxylic acids is 2. The van der Waals surface area contributed by atoms with E-state index in [1.54, 1.807) is 6.20 Å². The Bertz CT molecular complexity index is 1350. The maximum atomic E-state index is 13.1. The minimum atomic E-state index is -0.302. The zero-order valence-electron chi connectivity index (χ0n) is 20.0. The molecule has 6 rings (SSSR count). The number of aliphatic hydroxyl groups excluding tert-OH is 1. The Hall–Kier alpha value is -3.46. The molecule has 3 aromatic rings. The highest BCUT2D eigenvalue weighted by Crippen LogP contribution is 2.39. The van der Waals surface area contributed by atoms with Gasteiger partial charge >= 0.3 is 0 Å². The fourth-order valence-electron chi connectivity index (χ4n) is 5.58. The maximum Gasteiger partial charge on any atom is 0.259 e. The Kier molecular flexibility index (Phi) is 5.07. The third-order valence-corrected chi connectivity index (χ3v) is 7.89. The highest BCUT2D eigenvalue weighted by molar-refractivity contribution is 6.04. The predicted octanol–water partition coefficient (Wildman–Crippen LogP) is 2.54. The second-order valence-corrected chi connectivity index (χ2v) is 10.4. The maximum absolute atomic E-state index is 13.1. The molecular formula is C26H30N6O3. The lowest BCUT2D eigenvalue weighted by molar-refractivity contribution is 0.0696. The highest BCUT2D eigenvalue weighted by atomic mass is 16.3. The molecule has 182 valence electrons. The lowest BCUT2D eigenvalue weighted by atomic mass is 9.81. The smallest absolute Gasteiger partial charge is 0.259 e. The van der Waals surface area contributed by atoms with E-state index in [-0.39, 0.29) is 47.8 Å². The van der Waals surface area contributed by atoms with Crippen LogP contribution in [-0.2, 0) is 6.54 Å². The summed E-state index contributed by atoms with van der Waals surface area (Å²) in [6.07, 6.45) is 5.66. The number of nitrogens with zero attached hydrogens (tertiary/aromatic N) is 4. The number of nitrogen functional groups attached to an aromatic ring is 1. The van der Waals surface area contributed by atoms with E-state index in [0.29, 0.717) is 23.8 Å². The van der Waals surface area contributed by atoms with Gasteiger partial charge in [0.1, 0.15) is 5.56 Å². The summed E-state index contributed by atoms with van der Waals surface area (Å²) in [6, 6.07) is 6.16. The third-order valence-electron chi connectivity index (χ3n) is 7.89. The number of rotatable bonds is 6. The Morgan fingerprint density at radius 2 is 2.09 bits per heavy atom. The lowest BCUT2D eigenvalue weighted by Crippen LogP contribution is -2.45. The van der Waals surface area contributed by atoms with Crippen LogP contribution in [0.5, 0.6) is 0 Å². The van der Waals surface area contributed by atoms with Crippen molar-refractivity contribution in [2.45, 2.75) is 58.2 Å². The van der Waals surface area contributed by atoms with Crippen LogP contribution in [0.1, 0.15) is 64.4 Å². The average Bonchev–Trinajstić information content (AvgIpc) is 3.52. The van der Waals surface area contributed by atoms with Crippen LogP contribution in [0.25, 0.3) is 16.9 Å². The van der Waals surface area contributed by atoms with E-state index in [0.717, 1.165) is 35.1 Å². The number of fused-ring (bicyclic) bond motifs is 2. The molecule has 1 aromatic carbocycles. The predicted molar refractivity (Wildman–Crippen MR) is 131 cm³/mol. The second-order valence-electron chi connectivity index (χ2n) is 10.4. The first-order valence-electron chi connectivity index (χ1n) is 12.4. The number of aliphatic hydroxyl groups is 1. The summed E-state index contributed by atoms with van der Waals surface area (Å²) >= 11 is 0. The minimum absolute atomic E-state index is 0.0232. The summed E-state index contributed by atoms with van der Waals surface area (Å²) < 4.78 is 1.52. The molecule has 3 heterocycles. The van der Waals surface area contributed by atoms with Crippen molar-refractivity contribution in [1.29, 1.82) is 0 Å². The van der Waals surface area contributed by atoms with Crippen molar-refractivity contribution in [3.05, 3.63) is 46.6 Å². The van der Waals surface area contributed by atoms with E-state index in [1.165, 1.54) is 17.4 Å². The van der Waals surface area contributed by atoms with Gasteiger partial charge in [0, 0.05) is 42.6 Å². The number of amides is 2. The first-order chi connectivity index (χ1) is 16.8. The van der Waals surface area contributed by atoms with E-state index < -0.39 is 0 Å². The van der Waals surface area contributed by atoms with Gasteiger partial charge in [-0.25, -0.2) is 9.50 Å². The van der Waals surface area contributed by atoms with Crippen LogP contribution in [-0.4, -0.2) is 55.1 Å². The van der Waals surface area contributed by atoms with Gasteiger partial charge in [-0.05, 0) is 80.7 Å². The molecule has 2 aliphatic carbocycles. The van der Waals surface area contributed by atoms with Crippen molar-refractivity contribution in [2.24, 2.45) is 11.8 Å². The van der Waals surface area contributed by atoms with E-state index in [1.807, 2.05) is 30.0 Å². The Morgan fingerprint density at radius 3 is 2.80 bits per heavy atom. The summed E-state index contributed by atoms with van der Waals surface area (Å²) in [5.41, 5.74) is 11.1. The molecule has 35 heavy (non-hydrogen) atoms. The number of aryl methyl sites for hydroxylation is 1. The lowest BCUT2D eigenvalue weighted by Gasteiger charge is -2.34. The summed E-state index contributed by atoms with van der Waals surface area (Å²) in [6.45, 7) is 4.88. The number of hydrogen-bond acceptors (Lipinski definition) is 6. The number of nitrogens with one attached hydrogen (secondary N) is 1. The zero-order chi connectivity index (χ0) is 24.4. The summed E-state index contributed by atoms with van der Waals surface area (Å²) in [5, 5.41) is 16.5. The molecule has 9 heteroatoms. The van der Waals surface area contributed by atoms with Crippen LogP contribution >= 0.6 is 0 Å². The summed E-state index contributed by atoms with van der Waals surface area (Å²) in [4.78, 5) is 32.9. The molecule has 0 saturated heterocycles. The molecule has 1 unspecified atom stereocenters. The Labute approximate surface area is 203 Å². The average molecular weight is 475 g/mol. The number of aromatic nitrogens is 3. The molecule has 0 bridgehead atoms. The van der Waals surface area contributed by atoms with Crippen LogP contribution in [0.15, 0.2) is 24.4 Å². The van der Waals surface area contributed by atoms with Gasteiger partial charge in [0.15, 0.2) is 11.5 Å². The van der Waals surface area contributed by atoms with Gasteiger partial charge in [-0.3, -0.25) is 9.59 Å². The van der Waals surface area contributed by atoms with Crippen molar-refractivity contribution in [3.63, 3.8) is 0 Å². The zero-order valence-corrected chi connectivity index (χ0v) is 20.0. The van der Waals surface area contributed by atoms with Gasteiger partial charge in [-0.1, -0.05) is 0 Å². The van der Waals surface area contributed by atoms with Crippen LogP contribution in [0.2, 0.25) is 0 Å². The van der Waals surface area contributed by atoms with E-state index in [4.69, 9.17) is 10.7 Å². The number of nitrogens with two attached hydrogens (primary N) is 1. The largest absolute Gasteiger partial charge is 0.396 e. The standard InChI is InChI=1S/C26H30N6O3/c1-13-7-17(10-18-11-31(26(35)21(13)18)14(2)16-3-4-16)20-5-6-32-24(29-20)22(23(27)30-32)25(34)28-19-8-15(9-19)12-33/h5-7,10,14-16,19,33H,3-4,8-9,11-12H2,1-2H3,(H2,27,30)(H,28,34). The fourth-order valence-corrected chi connectivity index (χ4v) is 5.58. The fraction of sp³-hybridized carbons (Fsp3) is 0.462. The quantitative estimate of drug-likeness (QED) is 0.504. The SMILES string of the molecule is Cc1cc(-c2ccn3nc(N)c(C(=O)NC4CC(CO)C4)c3n2)cc2c1C(=O)N(C(C)C1CC1)C2. The molecule has 2 amide bonds. The molecule has 0 radical (unpaired) electrons. The van der Waals surface area contributed by atoms with Crippen molar-refractivity contribution in [1.82, 2.24) is 24.8 Å². The van der Waals surface area contributed by atoms with Crippen molar-refractivity contribution >= 4 is 23.3 Å². The second kappa shape index (κ2) is 8.05. The van der Waals surface area contributed by atoms with E-state index in [9.17, 15) is 14.7 Å².